The highest BCUT2D eigenvalue weighted by molar-refractivity contribution is 7.89. The van der Waals surface area contributed by atoms with Crippen molar-refractivity contribution in [3.8, 4) is 6.07 Å². The molecule has 3 heterocycles. The van der Waals surface area contributed by atoms with Gasteiger partial charge in [-0.2, -0.15) is 5.26 Å². The molecule has 1 fully saturated rings. The number of nitrogens with zero attached hydrogens (tertiary/aromatic N) is 3. The van der Waals surface area contributed by atoms with E-state index in [9.17, 15) is 18.5 Å². The fraction of sp³-hybridized carbons (Fsp3) is 0.455. The van der Waals surface area contributed by atoms with Crippen LogP contribution in [0.25, 0.3) is 0 Å². The van der Waals surface area contributed by atoms with Crippen LogP contribution < -0.4 is 15.4 Å². The quantitative estimate of drug-likeness (QED) is 0.680. The molecule has 1 amide bonds. The molecule has 1 saturated heterocycles. The number of nitrogens with two attached hydrogens (primary N) is 1. The molecule has 32 heavy (non-hydrogen) atoms. The third-order valence-corrected chi connectivity index (χ3v) is 7.23. The molecule has 1 aromatic heterocycles. The molecule has 170 valence electrons. The number of amides is 1. The van der Waals surface area contributed by atoms with E-state index in [-0.39, 0.29) is 23.5 Å². The zero-order valence-corrected chi connectivity index (χ0v) is 19.0. The minimum atomic E-state index is -3.77. The van der Waals surface area contributed by atoms with E-state index >= 15 is 0 Å². The number of aromatic nitrogens is 1. The Hall–Kier alpha value is -2.87. The number of fused-ring (bicyclic) bond motifs is 1. The molecule has 0 spiro atoms. The number of ether oxygens (including phenoxy) is 1. The van der Waals surface area contributed by atoms with Crippen LogP contribution in [0.5, 0.6) is 0 Å². The van der Waals surface area contributed by atoms with Gasteiger partial charge in [0.2, 0.25) is 15.9 Å². The molecule has 0 aliphatic carbocycles. The van der Waals surface area contributed by atoms with Gasteiger partial charge in [0.15, 0.2) is 0 Å². The van der Waals surface area contributed by atoms with Crippen molar-refractivity contribution in [1.82, 2.24) is 4.57 Å². The summed E-state index contributed by atoms with van der Waals surface area (Å²) < 4.78 is 30.9. The average molecular weight is 458 g/mol. The maximum absolute atomic E-state index is 13.0. The van der Waals surface area contributed by atoms with E-state index in [1.54, 1.807) is 12.1 Å². The molecule has 1 aromatic carbocycles. The van der Waals surface area contributed by atoms with Gasteiger partial charge in [0.1, 0.15) is 11.9 Å². The van der Waals surface area contributed by atoms with Crippen LogP contribution in [0.4, 0.5) is 11.5 Å². The zero-order valence-electron chi connectivity index (χ0n) is 18.2. The summed E-state index contributed by atoms with van der Waals surface area (Å²) in [6.07, 6.45) is 2.67. The predicted octanol–water partition coefficient (Wildman–Crippen LogP) is 1.80. The number of hydrogen-bond acceptors (Lipinski definition) is 6. The number of anilines is 2. The molecule has 10 heteroatoms. The van der Waals surface area contributed by atoms with Crippen molar-refractivity contribution in [1.29, 1.82) is 5.26 Å². The van der Waals surface area contributed by atoms with Gasteiger partial charge in [0.25, 0.3) is 0 Å². The lowest BCUT2D eigenvalue weighted by atomic mass is 10.2. The Morgan fingerprint density at radius 3 is 2.81 bits per heavy atom. The minimum Gasteiger partial charge on any atom is -0.376 e. The van der Waals surface area contributed by atoms with Crippen LogP contribution in [0.15, 0.2) is 23.1 Å². The number of sulfonamides is 1. The van der Waals surface area contributed by atoms with E-state index in [0.717, 1.165) is 42.0 Å². The second-order valence-corrected chi connectivity index (χ2v) is 9.91. The van der Waals surface area contributed by atoms with Gasteiger partial charge < -0.3 is 19.5 Å². The largest absolute Gasteiger partial charge is 0.376 e. The molecule has 1 unspecified atom stereocenters. The predicted molar refractivity (Wildman–Crippen MR) is 120 cm³/mol. The number of nitrogens with one attached hydrogen (secondary N) is 1. The lowest BCUT2D eigenvalue weighted by Crippen LogP contribution is -2.33. The zero-order chi connectivity index (χ0) is 23.0. The number of rotatable bonds is 6. The van der Waals surface area contributed by atoms with E-state index in [2.05, 4.69) is 11.4 Å². The fourth-order valence-corrected chi connectivity index (χ4v) is 5.05. The highest BCUT2D eigenvalue weighted by atomic mass is 32.2. The Morgan fingerprint density at radius 2 is 2.16 bits per heavy atom. The maximum atomic E-state index is 13.0. The van der Waals surface area contributed by atoms with Crippen LogP contribution >= 0.6 is 0 Å². The Kier molecular flexibility index (Phi) is 5.99. The fourth-order valence-electron chi connectivity index (χ4n) is 4.48. The van der Waals surface area contributed by atoms with Crippen LogP contribution in [-0.2, 0) is 32.5 Å². The molecule has 2 aliphatic heterocycles. The first-order valence-electron chi connectivity index (χ1n) is 10.6. The van der Waals surface area contributed by atoms with Crippen LogP contribution in [-0.4, -0.2) is 44.7 Å². The van der Waals surface area contributed by atoms with E-state index in [1.807, 2.05) is 23.3 Å². The molecule has 0 bridgehead atoms. The summed E-state index contributed by atoms with van der Waals surface area (Å²) in [5.41, 5.74) is 3.91. The molecular formula is C22H27N5O4S. The van der Waals surface area contributed by atoms with Gasteiger partial charge in [-0.3, -0.25) is 4.79 Å². The standard InChI is InChI=1S/C22H27N5O4S/c1-14-15(2)27(12-17-4-3-9-31-17)22(19(14)11-23)25-21(28)13-26-8-7-16-10-18(32(24,29)30)5-6-20(16)26/h5-6,10,17H,3-4,7-9,12-13H2,1-2H3,(H,25,28)(H2,24,29,30). The van der Waals surface area contributed by atoms with E-state index in [1.165, 1.54) is 6.07 Å². The maximum Gasteiger partial charge on any atom is 0.245 e. The van der Waals surface area contributed by atoms with Crippen LogP contribution in [0.2, 0.25) is 0 Å². The number of nitriles is 1. The van der Waals surface area contributed by atoms with Gasteiger partial charge >= 0.3 is 0 Å². The lowest BCUT2D eigenvalue weighted by molar-refractivity contribution is -0.115. The topological polar surface area (TPSA) is 130 Å². The summed E-state index contributed by atoms with van der Waals surface area (Å²) >= 11 is 0. The molecule has 2 aromatic rings. The second kappa shape index (κ2) is 8.58. The monoisotopic (exact) mass is 457 g/mol. The number of primary sulfonamides is 1. The van der Waals surface area contributed by atoms with Crippen LogP contribution in [0.1, 0.15) is 35.2 Å². The molecule has 0 radical (unpaired) electrons. The third-order valence-electron chi connectivity index (χ3n) is 6.31. The van der Waals surface area contributed by atoms with Crippen molar-refractivity contribution in [2.75, 3.05) is 29.9 Å². The highest BCUT2D eigenvalue weighted by Crippen LogP contribution is 2.31. The highest BCUT2D eigenvalue weighted by Gasteiger charge is 2.26. The normalized spacial score (nSPS) is 17.9. The molecule has 4 rings (SSSR count). The summed E-state index contributed by atoms with van der Waals surface area (Å²) in [5, 5.41) is 17.9. The second-order valence-electron chi connectivity index (χ2n) is 8.35. The molecule has 9 nitrogen and oxygen atoms in total. The van der Waals surface area contributed by atoms with Gasteiger partial charge in [0, 0.05) is 24.5 Å². The number of benzene rings is 1. The van der Waals surface area contributed by atoms with Gasteiger partial charge in [-0.25, -0.2) is 13.6 Å². The Balaban J connectivity index is 1.53. The molecule has 0 saturated carbocycles. The SMILES string of the molecule is Cc1c(C#N)c(NC(=O)CN2CCc3cc(S(N)(=O)=O)ccc32)n(CC2CCCO2)c1C. The average Bonchev–Trinajstić information content (AvgIpc) is 3.44. The Morgan fingerprint density at radius 1 is 1.38 bits per heavy atom. The number of carbonyl (C=O) groups is 1. The summed E-state index contributed by atoms with van der Waals surface area (Å²) in [6.45, 7) is 5.84. The first kappa shape index (κ1) is 22.3. The lowest BCUT2D eigenvalue weighted by Gasteiger charge is -2.20. The molecule has 2 aliphatic rings. The van der Waals surface area contributed by atoms with E-state index in [4.69, 9.17) is 9.88 Å². The first-order valence-corrected chi connectivity index (χ1v) is 12.2. The van der Waals surface area contributed by atoms with Crippen LogP contribution in [0, 0.1) is 25.2 Å². The van der Waals surface area contributed by atoms with Gasteiger partial charge in [-0.05, 0) is 62.4 Å². The van der Waals surface area contributed by atoms with Crippen molar-refractivity contribution in [3.63, 3.8) is 0 Å². The minimum absolute atomic E-state index is 0.0686. The van der Waals surface area contributed by atoms with Crippen molar-refractivity contribution in [2.24, 2.45) is 5.14 Å². The van der Waals surface area contributed by atoms with Gasteiger partial charge in [-0.1, -0.05) is 0 Å². The van der Waals surface area contributed by atoms with Crippen molar-refractivity contribution < 1.29 is 17.9 Å². The summed E-state index contributed by atoms with van der Waals surface area (Å²) in [6, 6.07) is 6.93. The van der Waals surface area contributed by atoms with Crippen LogP contribution in [0.3, 0.4) is 0 Å². The van der Waals surface area contributed by atoms with E-state index in [0.29, 0.717) is 30.9 Å². The molecular weight excluding hydrogens is 430 g/mol. The molecule has 3 N–H and O–H groups in total. The summed E-state index contributed by atoms with van der Waals surface area (Å²) in [7, 11) is -3.77. The van der Waals surface area contributed by atoms with Gasteiger partial charge in [-0.15, -0.1) is 0 Å². The van der Waals surface area contributed by atoms with Gasteiger partial charge in [0.05, 0.1) is 29.7 Å². The number of hydrogen-bond donors (Lipinski definition) is 2. The first-order chi connectivity index (χ1) is 15.2. The smallest absolute Gasteiger partial charge is 0.245 e. The van der Waals surface area contributed by atoms with Crippen molar-refractivity contribution in [2.45, 2.75) is 50.7 Å². The Labute approximate surface area is 187 Å². The third kappa shape index (κ3) is 4.24. The number of carbonyl (C=O) groups excluding carboxylic acids is 1. The van der Waals surface area contributed by atoms with Crippen molar-refractivity contribution in [3.05, 3.63) is 40.6 Å². The molecule has 1 atom stereocenters. The summed E-state index contributed by atoms with van der Waals surface area (Å²) in [4.78, 5) is 14.9. The van der Waals surface area contributed by atoms with E-state index < -0.39 is 10.0 Å². The van der Waals surface area contributed by atoms with Crippen molar-refractivity contribution >= 4 is 27.4 Å². The summed E-state index contributed by atoms with van der Waals surface area (Å²) in [5.74, 6) is 0.267. The Bertz CT molecular complexity index is 1210.